The number of methoxy groups -OCH3 is 1. The zero-order valence-corrected chi connectivity index (χ0v) is 21.0. The van der Waals surface area contributed by atoms with Gasteiger partial charge in [-0.05, 0) is 68.3 Å². The molecule has 1 atom stereocenters. The summed E-state index contributed by atoms with van der Waals surface area (Å²) in [5.74, 6) is 0.0534. The highest BCUT2D eigenvalue weighted by molar-refractivity contribution is 6.03. The zero-order valence-electron chi connectivity index (χ0n) is 21.0. The largest absolute Gasteiger partial charge is 0.497 e. The van der Waals surface area contributed by atoms with Crippen LogP contribution in [0.3, 0.4) is 0 Å². The van der Waals surface area contributed by atoms with Gasteiger partial charge in [-0.3, -0.25) is 19.3 Å². The Labute approximate surface area is 211 Å². The van der Waals surface area contributed by atoms with E-state index in [0.29, 0.717) is 22.8 Å². The van der Waals surface area contributed by atoms with Gasteiger partial charge in [0.05, 0.1) is 7.11 Å². The molecule has 1 unspecified atom stereocenters. The second-order valence-corrected chi connectivity index (χ2v) is 8.70. The Balaban J connectivity index is 1.94. The van der Waals surface area contributed by atoms with Crippen molar-refractivity contribution < 1.29 is 19.1 Å². The summed E-state index contributed by atoms with van der Waals surface area (Å²) in [4.78, 5) is 45.2. The van der Waals surface area contributed by atoms with Crippen LogP contribution in [0.25, 0.3) is 0 Å². The third-order valence-electron chi connectivity index (χ3n) is 5.42. The molecule has 1 heterocycles. The Kier molecular flexibility index (Phi) is 9.16. The van der Waals surface area contributed by atoms with Crippen LogP contribution >= 0.6 is 0 Å². The van der Waals surface area contributed by atoms with E-state index in [4.69, 9.17) is 4.74 Å². The number of hydrogen-bond donors (Lipinski definition) is 2. The Morgan fingerprint density at radius 1 is 0.972 bits per heavy atom. The lowest BCUT2D eigenvalue weighted by Crippen LogP contribution is -2.46. The molecule has 8 heteroatoms. The van der Waals surface area contributed by atoms with E-state index in [1.807, 2.05) is 39.0 Å². The minimum atomic E-state index is -0.938. The SMILES string of the molecule is COc1ccc(C(C(=O)NC(C)C)N(C(=O)CCC(=O)Nc2ccccn2)c2cccc(C)c2)cc1. The van der Waals surface area contributed by atoms with Crippen LogP contribution < -0.4 is 20.3 Å². The number of aromatic nitrogens is 1. The lowest BCUT2D eigenvalue weighted by Gasteiger charge is -2.32. The smallest absolute Gasteiger partial charge is 0.248 e. The van der Waals surface area contributed by atoms with Crippen molar-refractivity contribution in [3.63, 3.8) is 0 Å². The van der Waals surface area contributed by atoms with Gasteiger partial charge in [-0.25, -0.2) is 4.98 Å². The summed E-state index contributed by atoms with van der Waals surface area (Å²) in [6, 6.07) is 18.6. The van der Waals surface area contributed by atoms with Crippen LogP contribution in [-0.4, -0.2) is 35.9 Å². The summed E-state index contributed by atoms with van der Waals surface area (Å²) in [6.07, 6.45) is 1.43. The Hall–Kier alpha value is -4.20. The number of benzene rings is 2. The number of carbonyl (C=O) groups is 3. The average molecular weight is 489 g/mol. The van der Waals surface area contributed by atoms with E-state index in [1.165, 1.54) is 4.90 Å². The minimum absolute atomic E-state index is 0.0567. The fourth-order valence-electron chi connectivity index (χ4n) is 3.77. The molecule has 0 radical (unpaired) electrons. The van der Waals surface area contributed by atoms with Crippen molar-refractivity contribution in [1.29, 1.82) is 0 Å². The van der Waals surface area contributed by atoms with E-state index >= 15 is 0 Å². The van der Waals surface area contributed by atoms with E-state index in [1.54, 1.807) is 61.8 Å². The first-order chi connectivity index (χ1) is 17.3. The maximum absolute atomic E-state index is 13.7. The van der Waals surface area contributed by atoms with Gasteiger partial charge in [0, 0.05) is 30.8 Å². The fourth-order valence-corrected chi connectivity index (χ4v) is 3.77. The van der Waals surface area contributed by atoms with Crippen LogP contribution in [0.15, 0.2) is 72.9 Å². The third kappa shape index (κ3) is 7.15. The van der Waals surface area contributed by atoms with E-state index in [9.17, 15) is 14.4 Å². The lowest BCUT2D eigenvalue weighted by molar-refractivity contribution is -0.127. The topological polar surface area (TPSA) is 101 Å². The predicted octanol–water partition coefficient (Wildman–Crippen LogP) is 4.42. The zero-order chi connectivity index (χ0) is 26.1. The van der Waals surface area contributed by atoms with Gasteiger partial charge in [-0.1, -0.05) is 30.3 Å². The van der Waals surface area contributed by atoms with Crippen LogP contribution in [0.5, 0.6) is 5.75 Å². The molecule has 8 nitrogen and oxygen atoms in total. The molecule has 188 valence electrons. The van der Waals surface area contributed by atoms with Gasteiger partial charge in [0.25, 0.3) is 0 Å². The van der Waals surface area contributed by atoms with Crippen molar-refractivity contribution in [1.82, 2.24) is 10.3 Å². The first-order valence-corrected chi connectivity index (χ1v) is 11.8. The van der Waals surface area contributed by atoms with E-state index in [-0.39, 0.29) is 36.6 Å². The monoisotopic (exact) mass is 488 g/mol. The first-order valence-electron chi connectivity index (χ1n) is 11.8. The molecule has 0 aliphatic heterocycles. The fraction of sp³-hybridized carbons (Fsp3) is 0.286. The van der Waals surface area contributed by atoms with Crippen molar-refractivity contribution >= 4 is 29.2 Å². The van der Waals surface area contributed by atoms with Crippen molar-refractivity contribution in [2.75, 3.05) is 17.3 Å². The number of carbonyl (C=O) groups excluding carboxylic acids is 3. The molecular formula is C28H32N4O4. The van der Waals surface area contributed by atoms with Crippen molar-refractivity contribution in [2.24, 2.45) is 0 Å². The van der Waals surface area contributed by atoms with Crippen LogP contribution in [0.4, 0.5) is 11.5 Å². The Morgan fingerprint density at radius 3 is 2.33 bits per heavy atom. The minimum Gasteiger partial charge on any atom is -0.497 e. The number of anilines is 2. The summed E-state index contributed by atoms with van der Waals surface area (Å²) in [7, 11) is 1.57. The summed E-state index contributed by atoms with van der Waals surface area (Å²) in [5, 5.41) is 5.63. The quantitative estimate of drug-likeness (QED) is 0.440. The van der Waals surface area contributed by atoms with Crippen LogP contribution in [-0.2, 0) is 14.4 Å². The van der Waals surface area contributed by atoms with E-state index < -0.39 is 6.04 Å². The van der Waals surface area contributed by atoms with E-state index in [2.05, 4.69) is 15.6 Å². The predicted molar refractivity (Wildman–Crippen MR) is 140 cm³/mol. The van der Waals surface area contributed by atoms with E-state index in [0.717, 1.165) is 5.56 Å². The third-order valence-corrected chi connectivity index (χ3v) is 5.42. The van der Waals surface area contributed by atoms with Crippen molar-refractivity contribution in [3.05, 3.63) is 84.1 Å². The highest BCUT2D eigenvalue weighted by Crippen LogP contribution is 2.31. The number of pyridine rings is 1. The standard InChI is InChI=1S/C28H32N4O4/c1-19(2)30-28(35)27(21-11-13-23(36-4)14-12-21)32(22-9-7-8-20(3)18-22)26(34)16-15-25(33)31-24-10-5-6-17-29-24/h5-14,17-19,27H,15-16H2,1-4H3,(H,30,35)(H,29,31,33). The molecule has 0 saturated heterocycles. The molecule has 0 bridgehead atoms. The van der Waals surface area contributed by atoms with Gasteiger partial charge >= 0.3 is 0 Å². The highest BCUT2D eigenvalue weighted by atomic mass is 16.5. The number of rotatable bonds is 10. The summed E-state index contributed by atoms with van der Waals surface area (Å²) in [5.41, 5.74) is 2.14. The van der Waals surface area contributed by atoms with Crippen LogP contribution in [0, 0.1) is 6.92 Å². The van der Waals surface area contributed by atoms with Crippen molar-refractivity contribution in [3.8, 4) is 5.75 Å². The Bertz CT molecular complexity index is 1180. The molecule has 3 amide bonds. The molecule has 0 aliphatic rings. The highest BCUT2D eigenvalue weighted by Gasteiger charge is 2.33. The molecule has 0 fully saturated rings. The number of nitrogens with zero attached hydrogens (tertiary/aromatic N) is 2. The molecule has 3 rings (SSSR count). The van der Waals surface area contributed by atoms with Gasteiger partial charge in [-0.15, -0.1) is 0 Å². The van der Waals surface area contributed by atoms with Crippen LogP contribution in [0.2, 0.25) is 0 Å². The second kappa shape index (κ2) is 12.5. The van der Waals surface area contributed by atoms with Crippen molar-refractivity contribution in [2.45, 2.75) is 45.7 Å². The number of aryl methyl sites for hydroxylation is 1. The lowest BCUT2D eigenvalue weighted by atomic mass is 10.0. The second-order valence-electron chi connectivity index (χ2n) is 8.70. The maximum Gasteiger partial charge on any atom is 0.248 e. The molecular weight excluding hydrogens is 456 g/mol. The Morgan fingerprint density at radius 2 is 1.72 bits per heavy atom. The van der Waals surface area contributed by atoms with Gasteiger partial charge in [0.1, 0.15) is 17.6 Å². The van der Waals surface area contributed by atoms with Crippen LogP contribution in [0.1, 0.15) is 43.9 Å². The molecule has 0 aliphatic carbocycles. The molecule has 3 aromatic rings. The average Bonchev–Trinajstić information content (AvgIpc) is 2.86. The number of ether oxygens (including phenoxy) is 1. The number of hydrogen-bond acceptors (Lipinski definition) is 5. The summed E-state index contributed by atoms with van der Waals surface area (Å²) < 4.78 is 5.27. The van der Waals surface area contributed by atoms with Gasteiger partial charge in [-0.2, -0.15) is 0 Å². The molecule has 1 aromatic heterocycles. The van der Waals surface area contributed by atoms with Gasteiger partial charge in [0.2, 0.25) is 17.7 Å². The number of amides is 3. The molecule has 2 aromatic carbocycles. The first kappa shape index (κ1) is 26.4. The molecule has 36 heavy (non-hydrogen) atoms. The molecule has 2 N–H and O–H groups in total. The summed E-state index contributed by atoms with van der Waals surface area (Å²) in [6.45, 7) is 5.65. The summed E-state index contributed by atoms with van der Waals surface area (Å²) >= 11 is 0. The van der Waals surface area contributed by atoms with Gasteiger partial charge in [0.15, 0.2) is 0 Å². The van der Waals surface area contributed by atoms with Gasteiger partial charge < -0.3 is 15.4 Å². The normalized spacial score (nSPS) is 11.5. The number of nitrogens with one attached hydrogen (secondary N) is 2. The molecule has 0 spiro atoms. The maximum atomic E-state index is 13.7. The molecule has 0 saturated carbocycles.